The van der Waals surface area contributed by atoms with Gasteiger partial charge in [-0.2, -0.15) is 0 Å². The molecule has 2 rings (SSSR count). The molecule has 3 N–H and O–H groups in total. The van der Waals surface area contributed by atoms with Crippen LogP contribution in [0.2, 0.25) is 5.02 Å². The summed E-state index contributed by atoms with van der Waals surface area (Å²) < 4.78 is 5.24. The van der Waals surface area contributed by atoms with Crippen LogP contribution in [0.3, 0.4) is 0 Å². The average molecular weight is 302 g/mol. The number of halogens is 2. The Morgan fingerprint density at radius 1 is 1.42 bits per heavy atom. The Morgan fingerprint density at radius 2 is 2.16 bits per heavy atom. The maximum Gasteiger partial charge on any atom is 0.273 e. The van der Waals surface area contributed by atoms with E-state index < -0.39 is 0 Å². The molecule has 0 saturated heterocycles. The lowest BCUT2D eigenvalue weighted by atomic mass is 10.1. The highest BCUT2D eigenvalue weighted by molar-refractivity contribution is 6.33. The van der Waals surface area contributed by atoms with Crippen molar-refractivity contribution in [2.75, 3.05) is 13.1 Å². The average Bonchev–Trinajstić information content (AvgIpc) is 2.85. The smallest absolute Gasteiger partial charge is 0.273 e. The zero-order valence-electron chi connectivity index (χ0n) is 9.93. The molecule has 0 bridgehead atoms. The van der Waals surface area contributed by atoms with E-state index in [1.807, 2.05) is 6.07 Å². The summed E-state index contributed by atoms with van der Waals surface area (Å²) >= 11 is 6.06. The van der Waals surface area contributed by atoms with Crippen LogP contribution in [0.15, 0.2) is 35.1 Å². The molecule has 1 aromatic heterocycles. The zero-order chi connectivity index (χ0) is 13.0. The molecule has 102 valence electrons. The van der Waals surface area contributed by atoms with Crippen molar-refractivity contribution in [1.29, 1.82) is 0 Å². The number of nitrogens with one attached hydrogen (secondary N) is 1. The van der Waals surface area contributed by atoms with Crippen LogP contribution in [0.5, 0.6) is 0 Å². The van der Waals surface area contributed by atoms with Gasteiger partial charge >= 0.3 is 0 Å². The Bertz CT molecular complexity index is 557. The van der Waals surface area contributed by atoms with E-state index in [9.17, 15) is 4.79 Å². The van der Waals surface area contributed by atoms with Crippen LogP contribution < -0.4 is 11.1 Å². The molecule has 5 nitrogen and oxygen atoms in total. The largest absolute Gasteiger partial charge is 0.443 e. The maximum absolute atomic E-state index is 11.8. The van der Waals surface area contributed by atoms with E-state index in [0.717, 1.165) is 0 Å². The molecule has 0 unspecified atom stereocenters. The molecule has 2 aromatic rings. The lowest BCUT2D eigenvalue weighted by Crippen LogP contribution is -2.29. The van der Waals surface area contributed by atoms with Gasteiger partial charge in [-0.3, -0.25) is 4.79 Å². The molecule has 7 heteroatoms. The number of aromatic nitrogens is 1. The first kappa shape index (κ1) is 15.5. The van der Waals surface area contributed by atoms with Crippen LogP contribution in [-0.4, -0.2) is 24.0 Å². The number of hydrogen-bond acceptors (Lipinski definition) is 4. The molecule has 0 spiro atoms. The first-order valence-electron chi connectivity index (χ1n) is 5.40. The monoisotopic (exact) mass is 301 g/mol. The van der Waals surface area contributed by atoms with Crippen LogP contribution >= 0.6 is 24.0 Å². The fraction of sp³-hybridized carbons (Fsp3) is 0.167. The standard InChI is InChI=1S/C12H12ClN3O2.ClH/c13-9-4-2-1-3-8(9)11-10(16-7-18-11)12(17)15-6-5-14;/h1-4,7H,5-6,14H2,(H,15,17);1H. The number of nitrogens with two attached hydrogens (primary N) is 1. The number of amides is 1. The highest BCUT2D eigenvalue weighted by atomic mass is 35.5. The van der Waals surface area contributed by atoms with Crippen molar-refractivity contribution < 1.29 is 9.21 Å². The van der Waals surface area contributed by atoms with Gasteiger partial charge in [-0.05, 0) is 12.1 Å². The minimum absolute atomic E-state index is 0. The summed E-state index contributed by atoms with van der Waals surface area (Å²) in [4.78, 5) is 15.7. The molecule has 1 amide bonds. The highest BCUT2D eigenvalue weighted by Gasteiger charge is 2.19. The minimum atomic E-state index is -0.330. The van der Waals surface area contributed by atoms with Gasteiger partial charge in [0.1, 0.15) is 0 Å². The lowest BCUT2D eigenvalue weighted by Gasteiger charge is -2.04. The van der Waals surface area contributed by atoms with Gasteiger partial charge < -0.3 is 15.5 Å². The lowest BCUT2D eigenvalue weighted by molar-refractivity contribution is 0.0950. The predicted octanol–water partition coefficient (Wildman–Crippen LogP) is 2.11. The summed E-state index contributed by atoms with van der Waals surface area (Å²) in [6.45, 7) is 0.749. The number of hydrogen-bond donors (Lipinski definition) is 2. The van der Waals surface area contributed by atoms with E-state index in [4.69, 9.17) is 21.8 Å². The van der Waals surface area contributed by atoms with Gasteiger partial charge in [0.15, 0.2) is 17.8 Å². The van der Waals surface area contributed by atoms with Gasteiger partial charge in [-0.1, -0.05) is 23.7 Å². The summed E-state index contributed by atoms with van der Waals surface area (Å²) in [7, 11) is 0. The third kappa shape index (κ3) is 3.47. The molecule has 0 atom stereocenters. The van der Waals surface area contributed by atoms with Gasteiger partial charge in [0, 0.05) is 18.7 Å². The fourth-order valence-electron chi connectivity index (χ4n) is 1.51. The number of carbonyl (C=O) groups is 1. The van der Waals surface area contributed by atoms with Gasteiger partial charge in [0.2, 0.25) is 0 Å². The Hall–Kier alpha value is -1.56. The Kier molecular flexibility index (Phi) is 5.82. The minimum Gasteiger partial charge on any atom is -0.443 e. The summed E-state index contributed by atoms with van der Waals surface area (Å²) in [5.41, 5.74) is 6.16. The third-order valence-corrected chi connectivity index (χ3v) is 2.66. The SMILES string of the molecule is Cl.NCCNC(=O)c1ncoc1-c1ccccc1Cl. The number of benzene rings is 1. The fourth-order valence-corrected chi connectivity index (χ4v) is 1.74. The van der Waals surface area contributed by atoms with Crippen LogP contribution in [-0.2, 0) is 0 Å². The van der Waals surface area contributed by atoms with Gasteiger partial charge in [-0.15, -0.1) is 12.4 Å². The number of rotatable bonds is 4. The topological polar surface area (TPSA) is 81.1 Å². The Morgan fingerprint density at radius 3 is 2.84 bits per heavy atom. The third-order valence-electron chi connectivity index (χ3n) is 2.33. The van der Waals surface area contributed by atoms with Crippen molar-refractivity contribution in [1.82, 2.24) is 10.3 Å². The second-order valence-corrected chi connectivity index (χ2v) is 3.96. The molecular weight excluding hydrogens is 289 g/mol. The van der Waals surface area contributed by atoms with Crippen molar-refractivity contribution in [3.8, 4) is 11.3 Å². The van der Waals surface area contributed by atoms with Gasteiger partial charge in [0.25, 0.3) is 5.91 Å². The van der Waals surface area contributed by atoms with Crippen LogP contribution in [0.1, 0.15) is 10.5 Å². The normalized spacial score (nSPS) is 9.79. The predicted molar refractivity (Wildman–Crippen MR) is 75.6 cm³/mol. The highest BCUT2D eigenvalue weighted by Crippen LogP contribution is 2.29. The van der Waals surface area contributed by atoms with E-state index in [0.29, 0.717) is 29.4 Å². The van der Waals surface area contributed by atoms with Crippen molar-refractivity contribution in [2.24, 2.45) is 5.73 Å². The van der Waals surface area contributed by atoms with Crippen molar-refractivity contribution >= 4 is 29.9 Å². The molecule has 1 heterocycles. The van der Waals surface area contributed by atoms with Crippen LogP contribution in [0.4, 0.5) is 0 Å². The summed E-state index contributed by atoms with van der Waals surface area (Å²) in [6, 6.07) is 7.10. The van der Waals surface area contributed by atoms with E-state index in [1.165, 1.54) is 6.39 Å². The van der Waals surface area contributed by atoms with E-state index in [2.05, 4.69) is 10.3 Å². The first-order chi connectivity index (χ1) is 8.74. The van der Waals surface area contributed by atoms with E-state index in [-0.39, 0.29) is 24.0 Å². The Labute approximate surface area is 121 Å². The molecule has 0 aliphatic rings. The van der Waals surface area contributed by atoms with Crippen molar-refractivity contribution in [2.45, 2.75) is 0 Å². The van der Waals surface area contributed by atoms with Crippen molar-refractivity contribution in [3.05, 3.63) is 41.4 Å². The number of carbonyl (C=O) groups excluding carboxylic acids is 1. The number of nitrogens with zero attached hydrogens (tertiary/aromatic N) is 1. The number of oxazole rings is 1. The molecule has 19 heavy (non-hydrogen) atoms. The molecule has 0 aliphatic carbocycles. The summed E-state index contributed by atoms with van der Waals surface area (Å²) in [6.07, 6.45) is 1.22. The molecule has 0 radical (unpaired) electrons. The van der Waals surface area contributed by atoms with Gasteiger partial charge in [0.05, 0.1) is 5.02 Å². The first-order valence-corrected chi connectivity index (χ1v) is 5.78. The van der Waals surface area contributed by atoms with E-state index >= 15 is 0 Å². The molecule has 0 aliphatic heterocycles. The second kappa shape index (κ2) is 7.13. The summed E-state index contributed by atoms with van der Waals surface area (Å²) in [5, 5.41) is 3.14. The molecule has 1 aromatic carbocycles. The summed E-state index contributed by atoms with van der Waals surface area (Å²) in [5.74, 6) is 0.0271. The van der Waals surface area contributed by atoms with Crippen LogP contribution in [0.25, 0.3) is 11.3 Å². The maximum atomic E-state index is 11.8. The second-order valence-electron chi connectivity index (χ2n) is 3.55. The molecular formula is C12H13Cl2N3O2. The molecule has 0 saturated carbocycles. The van der Waals surface area contributed by atoms with Crippen LogP contribution in [0, 0.1) is 0 Å². The van der Waals surface area contributed by atoms with E-state index in [1.54, 1.807) is 18.2 Å². The van der Waals surface area contributed by atoms with Crippen molar-refractivity contribution in [3.63, 3.8) is 0 Å². The van der Waals surface area contributed by atoms with Gasteiger partial charge in [-0.25, -0.2) is 4.98 Å². The Balaban J connectivity index is 0.00000180. The zero-order valence-corrected chi connectivity index (χ0v) is 11.5. The quantitative estimate of drug-likeness (QED) is 0.906. The molecule has 0 fully saturated rings.